The van der Waals surface area contributed by atoms with Gasteiger partial charge in [0.05, 0.1) is 13.7 Å². The van der Waals surface area contributed by atoms with Crippen molar-refractivity contribution in [2.75, 3.05) is 13.7 Å². The maximum atomic E-state index is 11.0. The fraction of sp³-hybridized carbons (Fsp3) is 0.333. The number of hydrogen-bond donors (Lipinski definition) is 3. The van der Waals surface area contributed by atoms with Gasteiger partial charge in [-0.3, -0.25) is 14.9 Å². The first kappa shape index (κ1) is 14.0. The van der Waals surface area contributed by atoms with Gasteiger partial charge in [-0.25, -0.2) is 0 Å². The van der Waals surface area contributed by atoms with Gasteiger partial charge in [-0.05, 0) is 24.1 Å². The van der Waals surface area contributed by atoms with E-state index in [1.54, 1.807) is 31.4 Å². The van der Waals surface area contributed by atoms with E-state index >= 15 is 0 Å². The smallest absolute Gasteiger partial charge is 0.321 e. The van der Waals surface area contributed by atoms with Crippen molar-refractivity contribution in [3.63, 3.8) is 0 Å². The van der Waals surface area contributed by atoms with Gasteiger partial charge in [-0.2, -0.15) is 0 Å². The van der Waals surface area contributed by atoms with Crippen molar-refractivity contribution in [1.29, 1.82) is 0 Å². The number of carbonyl (C=O) groups is 2. The second-order valence-corrected chi connectivity index (χ2v) is 3.72. The lowest BCUT2D eigenvalue weighted by molar-refractivity contribution is -0.140. The van der Waals surface area contributed by atoms with Gasteiger partial charge in [-0.1, -0.05) is 12.1 Å². The van der Waals surface area contributed by atoms with E-state index in [1.165, 1.54) is 0 Å². The van der Waals surface area contributed by atoms with Crippen LogP contribution >= 0.6 is 0 Å². The topological polar surface area (TPSA) is 95.9 Å². The van der Waals surface area contributed by atoms with E-state index in [0.29, 0.717) is 5.75 Å². The third-order valence-electron chi connectivity index (χ3n) is 2.40. The Morgan fingerprint density at radius 3 is 2.33 bits per heavy atom. The van der Waals surface area contributed by atoms with Crippen molar-refractivity contribution < 1.29 is 24.5 Å². The van der Waals surface area contributed by atoms with Gasteiger partial charge in [0.25, 0.3) is 0 Å². The van der Waals surface area contributed by atoms with E-state index in [4.69, 9.17) is 14.9 Å². The zero-order valence-electron chi connectivity index (χ0n) is 9.92. The molecule has 0 saturated heterocycles. The Morgan fingerprint density at radius 2 is 1.89 bits per heavy atom. The molecule has 1 aromatic carbocycles. The number of hydrogen-bond acceptors (Lipinski definition) is 4. The zero-order chi connectivity index (χ0) is 13.5. The number of methoxy groups -OCH3 is 1. The molecule has 0 aliphatic carbocycles. The normalized spacial score (nSPS) is 11.8. The molecule has 6 heteroatoms. The highest BCUT2D eigenvalue weighted by molar-refractivity contribution is 5.75. The molecule has 18 heavy (non-hydrogen) atoms. The van der Waals surface area contributed by atoms with Crippen molar-refractivity contribution in [2.24, 2.45) is 0 Å². The molecule has 1 aromatic rings. The van der Waals surface area contributed by atoms with Crippen LogP contribution < -0.4 is 10.1 Å². The maximum absolute atomic E-state index is 11.0. The van der Waals surface area contributed by atoms with Gasteiger partial charge in [0.15, 0.2) is 0 Å². The predicted octanol–water partition coefficient (Wildman–Crippen LogP) is 0.365. The van der Waals surface area contributed by atoms with E-state index in [-0.39, 0.29) is 13.0 Å². The summed E-state index contributed by atoms with van der Waals surface area (Å²) >= 11 is 0. The standard InChI is InChI=1S/C12H15NO5/c1-18-9-4-2-8(3-5-9)6-10(12(16)17)13-7-11(14)15/h2-5,10,13H,6-7H2,1H3,(H,14,15)(H,16,17). The first-order valence-corrected chi connectivity index (χ1v) is 5.34. The van der Waals surface area contributed by atoms with Crippen LogP contribution in [-0.2, 0) is 16.0 Å². The summed E-state index contributed by atoms with van der Waals surface area (Å²) in [5.41, 5.74) is 0.793. The van der Waals surface area contributed by atoms with Crippen molar-refractivity contribution in [2.45, 2.75) is 12.5 Å². The van der Waals surface area contributed by atoms with E-state index < -0.39 is 18.0 Å². The van der Waals surface area contributed by atoms with Gasteiger partial charge in [0.2, 0.25) is 0 Å². The van der Waals surface area contributed by atoms with Crippen LogP contribution in [0.3, 0.4) is 0 Å². The van der Waals surface area contributed by atoms with Crippen LogP contribution in [0.4, 0.5) is 0 Å². The highest BCUT2D eigenvalue weighted by atomic mass is 16.5. The highest BCUT2D eigenvalue weighted by Crippen LogP contribution is 2.12. The van der Waals surface area contributed by atoms with Crippen LogP contribution in [0.25, 0.3) is 0 Å². The molecule has 1 unspecified atom stereocenters. The lowest BCUT2D eigenvalue weighted by atomic mass is 10.1. The second kappa shape index (κ2) is 6.61. The quantitative estimate of drug-likeness (QED) is 0.649. The van der Waals surface area contributed by atoms with Gasteiger partial charge >= 0.3 is 11.9 Å². The van der Waals surface area contributed by atoms with Gasteiger partial charge in [0, 0.05) is 0 Å². The van der Waals surface area contributed by atoms with E-state index in [9.17, 15) is 9.59 Å². The van der Waals surface area contributed by atoms with Crippen molar-refractivity contribution in [3.8, 4) is 5.75 Å². The minimum Gasteiger partial charge on any atom is -0.497 e. The Labute approximate surface area is 104 Å². The monoisotopic (exact) mass is 253 g/mol. The molecule has 1 rings (SSSR count). The number of carboxylic acids is 2. The van der Waals surface area contributed by atoms with E-state index in [1.807, 2.05) is 0 Å². The molecule has 0 bridgehead atoms. The van der Waals surface area contributed by atoms with Crippen LogP contribution in [0.15, 0.2) is 24.3 Å². The van der Waals surface area contributed by atoms with Gasteiger partial charge in [0.1, 0.15) is 11.8 Å². The number of ether oxygens (including phenoxy) is 1. The van der Waals surface area contributed by atoms with Crippen molar-refractivity contribution in [3.05, 3.63) is 29.8 Å². The minimum atomic E-state index is -1.09. The number of benzene rings is 1. The molecular formula is C12H15NO5. The first-order chi connectivity index (χ1) is 8.52. The number of carboxylic acid groups (broad SMARTS) is 2. The fourth-order valence-electron chi connectivity index (χ4n) is 1.45. The molecule has 0 aliphatic heterocycles. The summed E-state index contributed by atoms with van der Waals surface area (Å²) in [5.74, 6) is -1.48. The Balaban J connectivity index is 2.64. The molecule has 0 saturated carbocycles. The molecule has 0 aromatic heterocycles. The lowest BCUT2D eigenvalue weighted by Crippen LogP contribution is -2.41. The zero-order valence-corrected chi connectivity index (χ0v) is 9.92. The van der Waals surface area contributed by atoms with Crippen LogP contribution in [0.1, 0.15) is 5.56 Å². The Kier molecular flexibility index (Phi) is 5.13. The first-order valence-electron chi connectivity index (χ1n) is 5.34. The number of aliphatic carboxylic acids is 2. The predicted molar refractivity (Wildman–Crippen MR) is 63.8 cm³/mol. The summed E-state index contributed by atoms with van der Waals surface area (Å²) in [5, 5.41) is 19.9. The minimum absolute atomic E-state index is 0.215. The second-order valence-electron chi connectivity index (χ2n) is 3.72. The van der Waals surface area contributed by atoms with Crippen LogP contribution in [0.2, 0.25) is 0 Å². The highest BCUT2D eigenvalue weighted by Gasteiger charge is 2.18. The SMILES string of the molecule is COc1ccc(CC(NCC(=O)O)C(=O)O)cc1. The molecule has 3 N–H and O–H groups in total. The molecular weight excluding hydrogens is 238 g/mol. The Morgan fingerprint density at radius 1 is 1.28 bits per heavy atom. The molecule has 98 valence electrons. The number of rotatable bonds is 7. The molecule has 0 radical (unpaired) electrons. The largest absolute Gasteiger partial charge is 0.497 e. The molecule has 0 spiro atoms. The van der Waals surface area contributed by atoms with Crippen molar-refractivity contribution >= 4 is 11.9 Å². The average molecular weight is 253 g/mol. The number of nitrogens with one attached hydrogen (secondary N) is 1. The maximum Gasteiger partial charge on any atom is 0.321 e. The summed E-state index contributed by atoms with van der Waals surface area (Å²) in [6, 6.07) is 6.03. The Hall–Kier alpha value is -2.08. The van der Waals surface area contributed by atoms with Crippen LogP contribution in [0, 0.1) is 0 Å². The van der Waals surface area contributed by atoms with E-state index in [2.05, 4.69) is 5.32 Å². The summed E-state index contributed by atoms with van der Waals surface area (Å²) in [6.07, 6.45) is 0.215. The molecule has 6 nitrogen and oxygen atoms in total. The fourth-order valence-corrected chi connectivity index (χ4v) is 1.45. The molecule has 0 aliphatic rings. The van der Waals surface area contributed by atoms with E-state index in [0.717, 1.165) is 5.56 Å². The average Bonchev–Trinajstić information content (AvgIpc) is 2.34. The third kappa shape index (κ3) is 4.42. The Bertz CT molecular complexity index is 415. The summed E-state index contributed by atoms with van der Waals surface area (Å²) in [4.78, 5) is 21.3. The molecule has 0 amide bonds. The molecule has 0 heterocycles. The lowest BCUT2D eigenvalue weighted by Gasteiger charge is -2.13. The summed E-state index contributed by atoms with van der Waals surface area (Å²) in [7, 11) is 1.55. The van der Waals surface area contributed by atoms with Crippen molar-refractivity contribution in [1.82, 2.24) is 5.32 Å². The third-order valence-corrected chi connectivity index (χ3v) is 2.40. The van der Waals surface area contributed by atoms with Crippen LogP contribution in [-0.4, -0.2) is 41.8 Å². The van der Waals surface area contributed by atoms with Gasteiger partial charge < -0.3 is 14.9 Å². The summed E-state index contributed by atoms with van der Waals surface area (Å²) < 4.78 is 4.99. The molecule has 1 atom stereocenters. The molecule has 0 fully saturated rings. The van der Waals surface area contributed by atoms with Crippen LogP contribution in [0.5, 0.6) is 5.75 Å². The van der Waals surface area contributed by atoms with Gasteiger partial charge in [-0.15, -0.1) is 0 Å². The summed E-state index contributed by atoms with van der Waals surface area (Å²) in [6.45, 7) is -0.382.